The van der Waals surface area contributed by atoms with Crippen molar-refractivity contribution in [1.29, 1.82) is 0 Å². The summed E-state index contributed by atoms with van der Waals surface area (Å²) in [6.07, 6.45) is 3.72. The van der Waals surface area contributed by atoms with E-state index in [4.69, 9.17) is 5.73 Å². The van der Waals surface area contributed by atoms with Gasteiger partial charge < -0.3 is 5.73 Å². The second-order valence-corrected chi connectivity index (χ2v) is 5.25. The van der Waals surface area contributed by atoms with Crippen molar-refractivity contribution in [3.63, 3.8) is 0 Å². The Labute approximate surface area is 93.8 Å². The van der Waals surface area contributed by atoms with E-state index < -0.39 is 0 Å². The minimum atomic E-state index is 0.424. The van der Waals surface area contributed by atoms with Crippen LogP contribution in [-0.4, -0.2) is 31.2 Å². The van der Waals surface area contributed by atoms with Gasteiger partial charge in [0, 0.05) is 5.25 Å². The van der Waals surface area contributed by atoms with Gasteiger partial charge in [0.25, 0.3) is 0 Å². The average molecular weight is 227 g/mol. The zero-order valence-electron chi connectivity index (χ0n) is 8.96. The molecule has 0 radical (unpaired) electrons. The van der Waals surface area contributed by atoms with Crippen molar-refractivity contribution in [2.75, 3.05) is 5.75 Å². The maximum Gasteiger partial charge on any atom is 0.165 e. The zero-order chi connectivity index (χ0) is 10.7. The molecule has 15 heavy (non-hydrogen) atoms. The van der Waals surface area contributed by atoms with E-state index in [1.807, 2.05) is 16.4 Å². The first-order valence-corrected chi connectivity index (χ1v) is 6.50. The normalized spacial score (nSPS) is 26.0. The molecule has 0 aliphatic heterocycles. The molecule has 2 atom stereocenters. The number of hydrogen-bond donors (Lipinski definition) is 1. The standard InChI is InChI=1S/C9H17N5S/c1-2-15-8-5-3-4-7(8)14-9(6-10)11-12-13-14/h7-8H,2-6,10H2,1H3. The monoisotopic (exact) mass is 227 g/mol. The topological polar surface area (TPSA) is 69.6 Å². The summed E-state index contributed by atoms with van der Waals surface area (Å²) in [5.41, 5.74) is 5.61. The summed E-state index contributed by atoms with van der Waals surface area (Å²) in [6.45, 7) is 2.62. The predicted octanol–water partition coefficient (Wildman–Crippen LogP) is 0.978. The van der Waals surface area contributed by atoms with Gasteiger partial charge in [-0.05, 0) is 29.0 Å². The molecule has 6 heteroatoms. The SMILES string of the molecule is CCSC1CCCC1n1nnnc1CN. The molecular formula is C9H17N5S. The quantitative estimate of drug-likeness (QED) is 0.830. The van der Waals surface area contributed by atoms with E-state index >= 15 is 0 Å². The van der Waals surface area contributed by atoms with Crippen LogP contribution in [0.15, 0.2) is 0 Å². The molecule has 84 valence electrons. The van der Waals surface area contributed by atoms with Gasteiger partial charge in [0.15, 0.2) is 5.82 Å². The number of nitrogens with zero attached hydrogens (tertiary/aromatic N) is 4. The van der Waals surface area contributed by atoms with Crippen molar-refractivity contribution in [1.82, 2.24) is 20.2 Å². The van der Waals surface area contributed by atoms with Crippen LogP contribution in [0.3, 0.4) is 0 Å². The fourth-order valence-electron chi connectivity index (χ4n) is 2.20. The second-order valence-electron chi connectivity index (χ2n) is 3.74. The predicted molar refractivity (Wildman–Crippen MR) is 60.5 cm³/mol. The molecule has 0 aromatic carbocycles. The first-order chi connectivity index (χ1) is 7.36. The van der Waals surface area contributed by atoms with Crippen LogP contribution in [0.4, 0.5) is 0 Å². The summed E-state index contributed by atoms with van der Waals surface area (Å²) >= 11 is 2.01. The highest BCUT2D eigenvalue weighted by molar-refractivity contribution is 7.99. The van der Waals surface area contributed by atoms with E-state index in [0.29, 0.717) is 17.8 Å². The van der Waals surface area contributed by atoms with Gasteiger partial charge in [-0.3, -0.25) is 0 Å². The van der Waals surface area contributed by atoms with Crippen molar-refractivity contribution < 1.29 is 0 Å². The molecule has 1 aromatic heterocycles. The third-order valence-corrected chi connectivity index (χ3v) is 4.17. The highest BCUT2D eigenvalue weighted by Crippen LogP contribution is 2.38. The molecule has 1 heterocycles. The molecule has 1 saturated carbocycles. The summed E-state index contributed by atoms with van der Waals surface area (Å²) in [5.74, 6) is 1.96. The van der Waals surface area contributed by atoms with E-state index in [1.165, 1.54) is 19.3 Å². The Kier molecular flexibility index (Phi) is 3.58. The van der Waals surface area contributed by atoms with Crippen molar-refractivity contribution in [3.05, 3.63) is 5.82 Å². The first-order valence-electron chi connectivity index (χ1n) is 5.45. The van der Waals surface area contributed by atoms with Gasteiger partial charge in [0.05, 0.1) is 12.6 Å². The van der Waals surface area contributed by atoms with Crippen molar-refractivity contribution in [2.45, 2.75) is 44.0 Å². The summed E-state index contributed by atoms with van der Waals surface area (Å²) < 4.78 is 1.93. The lowest BCUT2D eigenvalue weighted by Crippen LogP contribution is -2.21. The van der Waals surface area contributed by atoms with Crippen LogP contribution in [0.2, 0.25) is 0 Å². The van der Waals surface area contributed by atoms with E-state index in [2.05, 4.69) is 22.4 Å². The van der Waals surface area contributed by atoms with Crippen molar-refractivity contribution in [2.24, 2.45) is 5.73 Å². The number of thioether (sulfide) groups is 1. The molecular weight excluding hydrogens is 210 g/mol. The van der Waals surface area contributed by atoms with E-state index in [1.54, 1.807) is 0 Å². The molecule has 1 fully saturated rings. The lowest BCUT2D eigenvalue weighted by atomic mass is 10.2. The second kappa shape index (κ2) is 4.94. The summed E-state index contributed by atoms with van der Waals surface area (Å²) in [5, 5.41) is 12.4. The van der Waals surface area contributed by atoms with Gasteiger partial charge in [0.1, 0.15) is 0 Å². The molecule has 0 bridgehead atoms. The molecule has 2 rings (SSSR count). The first kappa shape index (κ1) is 10.9. The molecule has 1 aliphatic rings. The molecule has 2 unspecified atom stereocenters. The van der Waals surface area contributed by atoms with Gasteiger partial charge in [-0.1, -0.05) is 13.3 Å². The smallest absolute Gasteiger partial charge is 0.165 e. The van der Waals surface area contributed by atoms with E-state index in [0.717, 1.165) is 11.6 Å². The lowest BCUT2D eigenvalue weighted by Gasteiger charge is -2.19. The fraction of sp³-hybridized carbons (Fsp3) is 0.889. The maximum absolute atomic E-state index is 5.61. The molecule has 0 spiro atoms. The highest BCUT2D eigenvalue weighted by atomic mass is 32.2. The summed E-state index contributed by atoms with van der Waals surface area (Å²) in [7, 11) is 0. The highest BCUT2D eigenvalue weighted by Gasteiger charge is 2.30. The Bertz CT molecular complexity index is 313. The van der Waals surface area contributed by atoms with Gasteiger partial charge in [-0.2, -0.15) is 11.8 Å². The number of hydrogen-bond acceptors (Lipinski definition) is 5. The Hall–Kier alpha value is -0.620. The third kappa shape index (κ3) is 2.15. The van der Waals surface area contributed by atoms with Crippen LogP contribution in [0.5, 0.6) is 0 Å². The number of tetrazole rings is 1. The summed E-state index contributed by atoms with van der Waals surface area (Å²) in [4.78, 5) is 0. The van der Waals surface area contributed by atoms with Gasteiger partial charge >= 0.3 is 0 Å². The van der Waals surface area contributed by atoms with Crippen LogP contribution in [0.1, 0.15) is 38.1 Å². The van der Waals surface area contributed by atoms with E-state index in [-0.39, 0.29) is 0 Å². The van der Waals surface area contributed by atoms with E-state index in [9.17, 15) is 0 Å². The summed E-state index contributed by atoms with van der Waals surface area (Å²) in [6, 6.07) is 0.448. The third-order valence-electron chi connectivity index (χ3n) is 2.86. The number of aromatic nitrogens is 4. The Morgan fingerprint density at radius 3 is 3.13 bits per heavy atom. The van der Waals surface area contributed by atoms with Gasteiger partial charge in [0.2, 0.25) is 0 Å². The Balaban J connectivity index is 2.15. The number of rotatable bonds is 4. The minimum absolute atomic E-state index is 0.424. The molecule has 0 saturated heterocycles. The van der Waals surface area contributed by atoms with Crippen LogP contribution in [0, 0.1) is 0 Å². The lowest BCUT2D eigenvalue weighted by molar-refractivity contribution is 0.445. The van der Waals surface area contributed by atoms with Crippen molar-refractivity contribution >= 4 is 11.8 Å². The molecule has 5 nitrogen and oxygen atoms in total. The minimum Gasteiger partial charge on any atom is -0.324 e. The zero-order valence-corrected chi connectivity index (χ0v) is 9.78. The molecule has 0 amide bonds. The van der Waals surface area contributed by atoms with Gasteiger partial charge in [-0.15, -0.1) is 5.10 Å². The average Bonchev–Trinajstić information content (AvgIpc) is 2.84. The van der Waals surface area contributed by atoms with Crippen LogP contribution in [0.25, 0.3) is 0 Å². The Morgan fingerprint density at radius 1 is 1.53 bits per heavy atom. The van der Waals surface area contributed by atoms with Crippen LogP contribution < -0.4 is 5.73 Å². The molecule has 1 aromatic rings. The van der Waals surface area contributed by atoms with Crippen LogP contribution >= 0.6 is 11.8 Å². The number of nitrogens with two attached hydrogens (primary N) is 1. The fourth-order valence-corrected chi connectivity index (χ4v) is 3.43. The molecule has 1 aliphatic carbocycles. The van der Waals surface area contributed by atoms with Crippen molar-refractivity contribution in [3.8, 4) is 0 Å². The van der Waals surface area contributed by atoms with Gasteiger partial charge in [-0.25, -0.2) is 4.68 Å². The largest absolute Gasteiger partial charge is 0.324 e. The van der Waals surface area contributed by atoms with Crippen LogP contribution in [-0.2, 0) is 6.54 Å². The molecule has 2 N–H and O–H groups in total. The Morgan fingerprint density at radius 2 is 2.40 bits per heavy atom. The maximum atomic E-state index is 5.61.